The van der Waals surface area contributed by atoms with Crippen LogP contribution < -0.4 is 9.64 Å². The number of hydrogen-bond acceptors (Lipinski definition) is 5. The molecule has 0 unspecified atom stereocenters. The number of furan rings is 1. The van der Waals surface area contributed by atoms with Crippen LogP contribution in [0.5, 0.6) is 5.75 Å². The van der Waals surface area contributed by atoms with Gasteiger partial charge in [-0.1, -0.05) is 54.9 Å². The Balaban J connectivity index is 1.62. The maximum Gasteiger partial charge on any atom is 0.283 e. The highest BCUT2D eigenvalue weighted by atomic mass is 35.5. The summed E-state index contributed by atoms with van der Waals surface area (Å²) in [5.74, 6) is 0.619. The van der Waals surface area contributed by atoms with Crippen LogP contribution in [-0.4, -0.2) is 18.8 Å². The van der Waals surface area contributed by atoms with Gasteiger partial charge in [-0.25, -0.2) is 0 Å². The number of fused-ring (bicyclic) bond motifs is 2. The van der Waals surface area contributed by atoms with E-state index >= 15 is 0 Å². The van der Waals surface area contributed by atoms with Crippen molar-refractivity contribution in [1.29, 1.82) is 0 Å². The fraction of sp³-hybridized carbons (Fsp3) is 0.120. The van der Waals surface area contributed by atoms with Gasteiger partial charge in [-0.15, -0.1) is 0 Å². The summed E-state index contributed by atoms with van der Waals surface area (Å²) >= 11 is 6.16. The van der Waals surface area contributed by atoms with Crippen LogP contribution in [0.3, 0.4) is 0 Å². The number of nitrogens with zero attached hydrogens (tertiary/aromatic N) is 1. The van der Waals surface area contributed by atoms with Gasteiger partial charge in [0.05, 0.1) is 5.69 Å². The van der Waals surface area contributed by atoms with E-state index in [0.717, 1.165) is 22.1 Å². The molecule has 6 nitrogen and oxygen atoms in total. The van der Waals surface area contributed by atoms with Gasteiger partial charge in [0.25, 0.3) is 10.1 Å². The highest BCUT2D eigenvalue weighted by molar-refractivity contribution is 7.85. The van der Waals surface area contributed by atoms with Crippen LogP contribution in [0.25, 0.3) is 28.2 Å². The molecule has 0 bridgehead atoms. The molecule has 4 aromatic rings. The highest BCUT2D eigenvalue weighted by Crippen LogP contribution is 2.43. The maximum absolute atomic E-state index is 11.8. The first-order valence-electron chi connectivity index (χ1n) is 10.3. The van der Waals surface area contributed by atoms with E-state index in [1.165, 1.54) is 4.90 Å². The number of anilines is 1. The molecular weight excluding hydrogens is 462 g/mol. The SMILES string of the molecule is CCc1c(C=C2Oc3ccc(-c4ccccc4)cc3N2CS(=O)(=O)O)oc2ccc(Cl)cc12. The van der Waals surface area contributed by atoms with Crippen LogP contribution in [0.1, 0.15) is 18.2 Å². The molecule has 0 saturated heterocycles. The molecule has 168 valence electrons. The highest BCUT2D eigenvalue weighted by Gasteiger charge is 2.31. The lowest BCUT2D eigenvalue weighted by Gasteiger charge is -2.16. The van der Waals surface area contributed by atoms with Crippen molar-refractivity contribution in [2.45, 2.75) is 13.3 Å². The molecule has 0 atom stereocenters. The number of ether oxygens (including phenoxy) is 1. The van der Waals surface area contributed by atoms with Gasteiger partial charge in [-0.05, 0) is 47.9 Å². The molecular formula is C25H20ClNO5S. The summed E-state index contributed by atoms with van der Waals surface area (Å²) < 4.78 is 45.3. The van der Waals surface area contributed by atoms with E-state index in [4.69, 9.17) is 20.8 Å². The molecule has 0 radical (unpaired) electrons. The zero-order valence-corrected chi connectivity index (χ0v) is 19.2. The lowest BCUT2D eigenvalue weighted by Crippen LogP contribution is -2.27. The predicted octanol–water partition coefficient (Wildman–Crippen LogP) is 6.36. The van der Waals surface area contributed by atoms with Crippen molar-refractivity contribution in [2.24, 2.45) is 0 Å². The Bertz CT molecular complexity index is 1490. The molecule has 0 fully saturated rings. The third-order valence-corrected chi connectivity index (χ3v) is 6.34. The minimum absolute atomic E-state index is 0.243. The molecule has 5 rings (SSSR count). The summed E-state index contributed by atoms with van der Waals surface area (Å²) in [6.07, 6.45) is 2.33. The zero-order chi connectivity index (χ0) is 23.2. The van der Waals surface area contributed by atoms with Crippen LogP contribution >= 0.6 is 11.6 Å². The summed E-state index contributed by atoms with van der Waals surface area (Å²) in [7, 11) is -4.34. The molecule has 0 saturated carbocycles. The quantitative estimate of drug-likeness (QED) is 0.334. The zero-order valence-electron chi connectivity index (χ0n) is 17.7. The second-order valence-electron chi connectivity index (χ2n) is 7.71. The van der Waals surface area contributed by atoms with Gasteiger partial charge in [0.1, 0.15) is 11.3 Å². The van der Waals surface area contributed by atoms with Gasteiger partial charge >= 0.3 is 0 Å². The third kappa shape index (κ3) is 4.23. The van der Waals surface area contributed by atoms with E-state index in [9.17, 15) is 13.0 Å². The summed E-state index contributed by atoms with van der Waals surface area (Å²) in [6.45, 7) is 2.00. The Labute approximate surface area is 196 Å². The normalized spacial score (nSPS) is 14.6. The van der Waals surface area contributed by atoms with Gasteiger partial charge in [-0.3, -0.25) is 9.45 Å². The first-order valence-corrected chi connectivity index (χ1v) is 12.3. The Morgan fingerprint density at radius 3 is 2.55 bits per heavy atom. The molecule has 3 aromatic carbocycles. The summed E-state index contributed by atoms with van der Waals surface area (Å²) in [5, 5.41) is 1.49. The average molecular weight is 482 g/mol. The van der Waals surface area contributed by atoms with Crippen molar-refractivity contribution >= 4 is 44.5 Å². The van der Waals surface area contributed by atoms with Crippen molar-refractivity contribution in [3.05, 3.63) is 89.0 Å². The van der Waals surface area contributed by atoms with Gasteiger partial charge in [-0.2, -0.15) is 8.42 Å². The molecule has 8 heteroatoms. The van der Waals surface area contributed by atoms with Crippen molar-refractivity contribution in [3.63, 3.8) is 0 Å². The smallest absolute Gasteiger partial charge is 0.283 e. The molecule has 2 heterocycles. The molecule has 33 heavy (non-hydrogen) atoms. The lowest BCUT2D eigenvalue weighted by molar-refractivity contribution is 0.439. The monoisotopic (exact) mass is 481 g/mol. The molecule has 0 amide bonds. The minimum atomic E-state index is -4.34. The second-order valence-corrected chi connectivity index (χ2v) is 9.57. The van der Waals surface area contributed by atoms with Crippen LogP contribution in [-0.2, 0) is 16.5 Å². The van der Waals surface area contributed by atoms with Crippen molar-refractivity contribution in [1.82, 2.24) is 0 Å². The molecule has 1 N–H and O–H groups in total. The van der Waals surface area contributed by atoms with Gasteiger partial charge in [0, 0.05) is 22.0 Å². The van der Waals surface area contributed by atoms with Crippen LogP contribution in [0.4, 0.5) is 5.69 Å². The largest absolute Gasteiger partial charge is 0.456 e. The Morgan fingerprint density at radius 1 is 1.03 bits per heavy atom. The van der Waals surface area contributed by atoms with E-state index in [2.05, 4.69) is 0 Å². The number of benzene rings is 3. The molecule has 1 aliphatic rings. The molecule has 1 aliphatic heterocycles. The second kappa shape index (κ2) is 8.26. The van der Waals surface area contributed by atoms with Crippen molar-refractivity contribution in [2.75, 3.05) is 10.8 Å². The Kier molecular flexibility index (Phi) is 5.40. The first-order chi connectivity index (χ1) is 15.8. The van der Waals surface area contributed by atoms with E-state index < -0.39 is 16.0 Å². The molecule has 0 spiro atoms. The van der Waals surface area contributed by atoms with E-state index in [1.54, 1.807) is 24.3 Å². The van der Waals surface area contributed by atoms with Crippen LogP contribution in [0, 0.1) is 0 Å². The van der Waals surface area contributed by atoms with E-state index in [0.29, 0.717) is 34.2 Å². The predicted molar refractivity (Wildman–Crippen MR) is 130 cm³/mol. The van der Waals surface area contributed by atoms with E-state index in [-0.39, 0.29) is 5.88 Å². The van der Waals surface area contributed by atoms with Gasteiger partial charge in [0.15, 0.2) is 11.6 Å². The fourth-order valence-electron chi connectivity index (χ4n) is 4.05. The van der Waals surface area contributed by atoms with E-state index in [1.807, 2.05) is 55.5 Å². The summed E-state index contributed by atoms with van der Waals surface area (Å²) in [6, 6.07) is 20.6. The van der Waals surface area contributed by atoms with Gasteiger partial charge in [0.2, 0.25) is 5.88 Å². The number of aryl methyl sites for hydroxylation is 1. The van der Waals surface area contributed by atoms with Crippen molar-refractivity contribution < 1.29 is 22.1 Å². The fourth-order valence-corrected chi connectivity index (χ4v) is 4.81. The third-order valence-electron chi connectivity index (χ3n) is 5.52. The average Bonchev–Trinajstić information content (AvgIpc) is 3.30. The first kappa shape index (κ1) is 21.6. The minimum Gasteiger partial charge on any atom is -0.456 e. The Morgan fingerprint density at radius 2 is 1.82 bits per heavy atom. The molecule has 0 aliphatic carbocycles. The topological polar surface area (TPSA) is 80.0 Å². The van der Waals surface area contributed by atoms with Crippen LogP contribution in [0.15, 0.2) is 77.0 Å². The maximum atomic E-state index is 11.8. The summed E-state index contributed by atoms with van der Waals surface area (Å²) in [5.41, 5.74) is 4.01. The Hall–Kier alpha value is -3.26. The number of rotatable bonds is 5. The lowest BCUT2D eigenvalue weighted by atomic mass is 10.0. The summed E-state index contributed by atoms with van der Waals surface area (Å²) in [4.78, 5) is 1.43. The number of hydrogen-bond donors (Lipinski definition) is 1. The van der Waals surface area contributed by atoms with Crippen molar-refractivity contribution in [3.8, 4) is 16.9 Å². The van der Waals surface area contributed by atoms with Gasteiger partial charge < -0.3 is 9.15 Å². The standard InChI is InChI=1S/C25H20ClNO5S/c1-2-19-20-13-18(26)9-11-22(20)31-24(19)14-25-27(15-33(28,29)30)21-12-17(8-10-23(21)32-25)16-6-4-3-5-7-16/h3-14H,2,15H2,1H3,(H,28,29,30). The van der Waals surface area contributed by atoms with Crippen LogP contribution in [0.2, 0.25) is 5.02 Å². The molecule has 1 aromatic heterocycles. The number of halogens is 1.